The molecule has 0 spiro atoms. The van der Waals surface area contributed by atoms with E-state index in [9.17, 15) is 27.8 Å². The summed E-state index contributed by atoms with van der Waals surface area (Å²) >= 11 is 0. The number of hydrogen-bond donors (Lipinski definition) is 5. The van der Waals surface area contributed by atoms with Gasteiger partial charge in [0.25, 0.3) is 0 Å². The van der Waals surface area contributed by atoms with Gasteiger partial charge in [-0.15, -0.1) is 0 Å². The molecule has 6 N–H and O–H groups in total. The van der Waals surface area contributed by atoms with E-state index in [-0.39, 0.29) is 37.1 Å². The van der Waals surface area contributed by atoms with Gasteiger partial charge in [-0.3, -0.25) is 10.2 Å². The number of benzene rings is 1. The van der Waals surface area contributed by atoms with Gasteiger partial charge in [0.1, 0.15) is 11.7 Å². The van der Waals surface area contributed by atoms with Crippen LogP contribution in [0.2, 0.25) is 0 Å². The Morgan fingerprint density at radius 1 is 1.24 bits per heavy atom. The van der Waals surface area contributed by atoms with Crippen molar-refractivity contribution in [3.05, 3.63) is 47.4 Å². The third kappa shape index (κ3) is 8.88. The molecule has 2 rings (SSSR count). The van der Waals surface area contributed by atoms with E-state index in [1.165, 1.54) is 37.4 Å². The van der Waals surface area contributed by atoms with E-state index in [2.05, 4.69) is 15.3 Å². The number of carbonyl (C=O) groups excluding carboxylic acids is 1. The lowest BCUT2D eigenvalue weighted by atomic mass is 9.97. The maximum atomic E-state index is 13.6. The monoisotopic (exact) mass is 536 g/mol. The Morgan fingerprint density at radius 2 is 1.86 bits per heavy atom. The molecule has 0 aliphatic heterocycles. The fourth-order valence-electron chi connectivity index (χ4n) is 3.32. The van der Waals surface area contributed by atoms with Gasteiger partial charge in [-0.1, -0.05) is 26.0 Å². The minimum atomic E-state index is -3.66. The quantitative estimate of drug-likeness (QED) is 0.199. The van der Waals surface area contributed by atoms with Crippen LogP contribution in [-0.4, -0.2) is 72.4 Å². The Hall–Kier alpha value is -3.42. The zero-order valence-electron chi connectivity index (χ0n) is 21.1. The summed E-state index contributed by atoms with van der Waals surface area (Å²) in [7, 11) is -2.33. The second-order valence-electron chi connectivity index (χ2n) is 8.89. The maximum Gasteiger partial charge on any atom is 0.239 e. The van der Waals surface area contributed by atoms with Gasteiger partial charge in [0.05, 0.1) is 42.8 Å². The molecule has 202 valence electrons. The van der Waals surface area contributed by atoms with Crippen molar-refractivity contribution in [2.45, 2.75) is 44.8 Å². The lowest BCUT2D eigenvalue weighted by molar-refractivity contribution is -0.123. The van der Waals surface area contributed by atoms with Gasteiger partial charge in [-0.05, 0) is 30.2 Å². The fraction of sp³-hybridized carbons (Fsp3) is 0.417. The highest BCUT2D eigenvalue weighted by Gasteiger charge is 2.22. The summed E-state index contributed by atoms with van der Waals surface area (Å²) in [5.74, 6) is -1.43. The van der Waals surface area contributed by atoms with E-state index in [0.29, 0.717) is 22.5 Å². The molecular formula is C24H33FN6O5S. The van der Waals surface area contributed by atoms with E-state index in [0.717, 1.165) is 10.6 Å². The van der Waals surface area contributed by atoms with Crippen molar-refractivity contribution in [1.82, 2.24) is 15.3 Å². The number of hydrogen-bond acceptors (Lipinski definition) is 8. The van der Waals surface area contributed by atoms with Crippen LogP contribution < -0.4 is 15.4 Å². The second kappa shape index (κ2) is 12.7. The molecule has 0 aliphatic carbocycles. The normalized spacial score (nSPS) is 13.5. The molecule has 37 heavy (non-hydrogen) atoms. The number of nitrogens with two attached hydrogens (primary N) is 1. The highest BCUT2D eigenvalue weighted by molar-refractivity contribution is 7.92. The van der Waals surface area contributed by atoms with Crippen molar-refractivity contribution < 1.29 is 27.8 Å². The summed E-state index contributed by atoms with van der Waals surface area (Å²) in [4.78, 5) is 20.7. The summed E-state index contributed by atoms with van der Waals surface area (Å²) < 4.78 is 38.8. The van der Waals surface area contributed by atoms with Crippen molar-refractivity contribution in [3.8, 4) is 11.3 Å². The Labute approximate surface area is 215 Å². The summed E-state index contributed by atoms with van der Waals surface area (Å²) in [5, 5.41) is 30.1. The molecule has 0 unspecified atom stereocenters. The van der Waals surface area contributed by atoms with E-state index in [1.54, 1.807) is 6.08 Å². The third-order valence-electron chi connectivity index (χ3n) is 5.30. The fourth-order valence-corrected chi connectivity index (χ4v) is 3.70. The van der Waals surface area contributed by atoms with Crippen LogP contribution in [-0.2, 0) is 14.8 Å². The van der Waals surface area contributed by atoms with Crippen molar-refractivity contribution in [1.29, 1.82) is 5.41 Å². The van der Waals surface area contributed by atoms with Crippen molar-refractivity contribution in [3.63, 3.8) is 0 Å². The van der Waals surface area contributed by atoms with Crippen molar-refractivity contribution >= 4 is 33.8 Å². The number of rotatable bonds is 12. The van der Waals surface area contributed by atoms with Crippen LogP contribution >= 0.6 is 0 Å². The number of aliphatic hydroxyl groups excluding tert-OH is 2. The predicted molar refractivity (Wildman–Crippen MR) is 140 cm³/mol. The number of aliphatic hydroxyl groups is 2. The number of aromatic nitrogens is 2. The summed E-state index contributed by atoms with van der Waals surface area (Å²) in [6.07, 6.45) is 1.26. The summed E-state index contributed by atoms with van der Waals surface area (Å²) in [5.41, 5.74) is 7.00. The van der Waals surface area contributed by atoms with Crippen molar-refractivity contribution in [2.75, 3.05) is 24.2 Å². The molecule has 0 fully saturated rings. The molecule has 13 heteroatoms. The van der Waals surface area contributed by atoms with E-state index in [4.69, 9.17) is 11.1 Å². The first-order valence-corrected chi connectivity index (χ1v) is 13.3. The van der Waals surface area contributed by atoms with E-state index in [1.807, 2.05) is 13.8 Å². The molecule has 1 aromatic carbocycles. The topological polar surface area (TPSA) is 183 Å². The van der Waals surface area contributed by atoms with Gasteiger partial charge < -0.3 is 21.3 Å². The van der Waals surface area contributed by atoms with E-state index < -0.39 is 34.0 Å². The first-order valence-electron chi connectivity index (χ1n) is 11.4. The van der Waals surface area contributed by atoms with Gasteiger partial charge >= 0.3 is 0 Å². The highest BCUT2D eigenvalue weighted by atomic mass is 32.2. The molecule has 1 aromatic heterocycles. The molecule has 2 aromatic rings. The lowest BCUT2D eigenvalue weighted by Gasteiger charge is -2.20. The summed E-state index contributed by atoms with van der Waals surface area (Å²) in [6, 6.07) is 5.51. The first-order chi connectivity index (χ1) is 17.2. The Kier molecular flexibility index (Phi) is 10.2. The van der Waals surface area contributed by atoms with Gasteiger partial charge in [-0.2, -0.15) is 0 Å². The number of nitrogens with zero attached hydrogens (tertiary/aromatic N) is 3. The third-order valence-corrected chi connectivity index (χ3v) is 6.46. The van der Waals surface area contributed by atoms with Crippen LogP contribution in [0.3, 0.4) is 0 Å². The van der Waals surface area contributed by atoms with Gasteiger partial charge in [0.15, 0.2) is 0 Å². The number of carbonyl (C=O) groups is 1. The average molecular weight is 537 g/mol. The Bertz CT molecular complexity index is 1250. The maximum absolute atomic E-state index is 13.6. The van der Waals surface area contributed by atoms with Crippen LogP contribution in [0.25, 0.3) is 17.3 Å². The van der Waals surface area contributed by atoms with Crippen LogP contribution in [0.1, 0.15) is 43.9 Å². The van der Waals surface area contributed by atoms with Crippen LogP contribution in [0.5, 0.6) is 0 Å². The number of amides is 1. The van der Waals surface area contributed by atoms with Gasteiger partial charge in [0.2, 0.25) is 21.9 Å². The van der Waals surface area contributed by atoms with Crippen molar-refractivity contribution in [2.24, 2.45) is 5.73 Å². The van der Waals surface area contributed by atoms with Gasteiger partial charge in [0, 0.05) is 24.6 Å². The number of sulfonamides is 1. The summed E-state index contributed by atoms with van der Waals surface area (Å²) in [6.45, 7) is 3.58. The number of halogens is 1. The SMILES string of the molecule is CC(C)c1nc(N(C)S(C)(=O)=O)nc(-c2ccc(F)cc2)c1/C=C/[C@H](O)C[C@@H](O)CC(=O)NCC(=N)N. The Morgan fingerprint density at radius 3 is 2.41 bits per heavy atom. The Balaban J connectivity index is 2.43. The van der Waals surface area contributed by atoms with Crippen LogP contribution in [0.4, 0.5) is 10.3 Å². The van der Waals surface area contributed by atoms with Crippen LogP contribution in [0.15, 0.2) is 30.3 Å². The standard InChI is InChI=1S/C24H33FN6O5S/c1-14(2)22-19(10-9-17(32)11-18(33)12-21(34)28-13-20(26)27)23(15-5-7-16(25)8-6-15)30-24(29-22)31(3)37(4,35)36/h5-10,14,17-18,32-33H,11-13H2,1-4H3,(H3,26,27)(H,28,34)/b10-9+/t17-,18+/m0/s1. The van der Waals surface area contributed by atoms with Gasteiger partial charge in [-0.25, -0.2) is 27.1 Å². The molecule has 1 heterocycles. The minimum Gasteiger partial charge on any atom is -0.392 e. The smallest absolute Gasteiger partial charge is 0.239 e. The largest absolute Gasteiger partial charge is 0.392 e. The highest BCUT2D eigenvalue weighted by Crippen LogP contribution is 2.31. The first kappa shape index (κ1) is 29.8. The number of nitrogens with one attached hydrogen (secondary N) is 2. The minimum absolute atomic E-state index is 0.0600. The van der Waals surface area contributed by atoms with Crippen LogP contribution in [0, 0.1) is 11.2 Å². The number of amidine groups is 1. The molecule has 1 amide bonds. The molecular weight excluding hydrogens is 503 g/mol. The number of anilines is 1. The molecule has 0 saturated heterocycles. The molecule has 11 nitrogen and oxygen atoms in total. The molecule has 0 radical (unpaired) electrons. The molecule has 2 atom stereocenters. The zero-order chi connectivity index (χ0) is 27.9. The second-order valence-corrected chi connectivity index (χ2v) is 10.9. The molecule has 0 aliphatic rings. The average Bonchev–Trinajstić information content (AvgIpc) is 2.80. The van der Waals surface area contributed by atoms with E-state index >= 15 is 0 Å². The molecule has 0 bridgehead atoms. The zero-order valence-corrected chi connectivity index (χ0v) is 22.0. The predicted octanol–water partition coefficient (Wildman–Crippen LogP) is 1.37. The lowest BCUT2D eigenvalue weighted by Crippen LogP contribution is -2.35. The molecule has 0 saturated carbocycles.